The van der Waals surface area contributed by atoms with Crippen LogP contribution in [-0.2, 0) is 15.3 Å². The molecule has 1 aliphatic carbocycles. The Balaban J connectivity index is 2.34. The Labute approximate surface area is 198 Å². The summed E-state index contributed by atoms with van der Waals surface area (Å²) in [5.41, 5.74) is -0.633. The van der Waals surface area contributed by atoms with Crippen molar-refractivity contribution < 1.29 is 27.1 Å². The first-order chi connectivity index (χ1) is 14.8. The molecule has 188 valence electrons. The van der Waals surface area contributed by atoms with Crippen molar-refractivity contribution in [2.75, 3.05) is 7.05 Å². The van der Waals surface area contributed by atoms with Gasteiger partial charge in [0.25, 0.3) is 0 Å². The lowest BCUT2D eigenvalue weighted by Crippen LogP contribution is -2.54. The summed E-state index contributed by atoms with van der Waals surface area (Å²) in [7, 11) is -0.421. The number of halogens is 3. The number of rotatable bonds is 4. The summed E-state index contributed by atoms with van der Waals surface area (Å²) in [4.78, 5) is 14.5. The zero-order valence-electron chi connectivity index (χ0n) is 21.5. The van der Waals surface area contributed by atoms with E-state index in [1.54, 1.807) is 18.0 Å². The topological polar surface area (TPSA) is 38.8 Å². The van der Waals surface area contributed by atoms with E-state index >= 15 is 0 Å². The van der Waals surface area contributed by atoms with Crippen LogP contribution < -0.4 is 0 Å². The molecule has 4 nitrogen and oxygen atoms in total. The number of hydrogen-bond donors (Lipinski definition) is 0. The second-order valence-corrected chi connectivity index (χ2v) is 16.5. The second-order valence-electron chi connectivity index (χ2n) is 11.7. The van der Waals surface area contributed by atoms with E-state index in [0.29, 0.717) is 24.8 Å². The zero-order valence-corrected chi connectivity index (χ0v) is 22.5. The quantitative estimate of drug-likeness (QED) is 0.411. The SMILES string of the molecule is CN(C(=O)OC(C)(C)C)[C@H]1C[C@@H](c2cccc(C(F)(F)F)c2)CCC1O[Si](C)(C)C(C)(C)C. The number of ether oxygens (including phenoxy) is 1. The van der Waals surface area contributed by atoms with Gasteiger partial charge in [-0.3, -0.25) is 0 Å². The van der Waals surface area contributed by atoms with E-state index in [0.717, 1.165) is 6.07 Å². The minimum absolute atomic E-state index is 0.0000708. The number of nitrogens with zero attached hydrogens (tertiary/aromatic N) is 1. The summed E-state index contributed by atoms with van der Waals surface area (Å²) in [6.45, 7) is 16.3. The van der Waals surface area contributed by atoms with Gasteiger partial charge in [0.2, 0.25) is 0 Å². The number of likely N-dealkylation sites (N-methyl/N-ethyl adjacent to an activating group) is 1. The molecule has 1 amide bonds. The molecule has 0 heterocycles. The standard InChI is InChI=1S/C25H40F3NO3Si/c1-23(2,3)31-22(30)29(7)20-16-18(17-11-10-12-19(15-17)25(26,27)28)13-14-21(20)32-33(8,9)24(4,5)6/h10-12,15,18,20-21H,13-14,16H2,1-9H3/t18-,20-,21?/m0/s1. The number of carbonyl (C=O) groups excluding carboxylic acids is 1. The van der Waals surface area contributed by atoms with Crippen molar-refractivity contribution in [1.29, 1.82) is 0 Å². The van der Waals surface area contributed by atoms with Gasteiger partial charge in [-0.1, -0.05) is 39.0 Å². The molecule has 0 saturated heterocycles. The van der Waals surface area contributed by atoms with Gasteiger partial charge < -0.3 is 14.1 Å². The Morgan fingerprint density at radius 1 is 1.06 bits per heavy atom. The molecule has 2 rings (SSSR count). The molecule has 0 spiro atoms. The Kier molecular flexibility index (Phi) is 8.06. The summed E-state index contributed by atoms with van der Waals surface area (Å²) in [5.74, 6) is -0.0959. The van der Waals surface area contributed by atoms with Crippen LogP contribution in [0.15, 0.2) is 24.3 Å². The van der Waals surface area contributed by atoms with Crippen LogP contribution in [0.1, 0.15) is 77.8 Å². The number of alkyl halides is 3. The molecule has 0 aliphatic heterocycles. The van der Waals surface area contributed by atoms with Gasteiger partial charge in [0, 0.05) is 7.05 Å². The summed E-state index contributed by atoms with van der Waals surface area (Å²) in [5, 5.41) is -0.0000708. The van der Waals surface area contributed by atoms with Gasteiger partial charge in [0.15, 0.2) is 8.32 Å². The highest BCUT2D eigenvalue weighted by Crippen LogP contribution is 2.43. The molecule has 0 N–H and O–H groups in total. The highest BCUT2D eigenvalue weighted by atomic mass is 28.4. The summed E-state index contributed by atoms with van der Waals surface area (Å²) in [6, 6.07) is 5.26. The smallest absolute Gasteiger partial charge is 0.416 e. The fourth-order valence-corrected chi connectivity index (χ4v) is 5.35. The predicted octanol–water partition coefficient (Wildman–Crippen LogP) is 7.60. The lowest BCUT2D eigenvalue weighted by molar-refractivity contribution is -0.137. The van der Waals surface area contributed by atoms with Crippen molar-refractivity contribution in [1.82, 2.24) is 4.90 Å². The number of benzene rings is 1. The van der Waals surface area contributed by atoms with Gasteiger partial charge in [-0.15, -0.1) is 0 Å². The first kappa shape index (κ1) is 27.7. The predicted molar refractivity (Wildman–Crippen MR) is 128 cm³/mol. The van der Waals surface area contributed by atoms with Crippen LogP contribution in [0.4, 0.5) is 18.0 Å². The Hall–Kier alpha value is -1.54. The molecule has 1 unspecified atom stereocenters. The van der Waals surface area contributed by atoms with E-state index in [1.807, 2.05) is 20.8 Å². The lowest BCUT2D eigenvalue weighted by Gasteiger charge is -2.46. The van der Waals surface area contributed by atoms with Crippen molar-refractivity contribution in [2.45, 2.75) is 109 Å². The fraction of sp³-hybridized carbons (Fsp3) is 0.720. The molecule has 3 atom stereocenters. The van der Waals surface area contributed by atoms with Gasteiger partial charge in [0.05, 0.1) is 17.7 Å². The van der Waals surface area contributed by atoms with Crippen LogP contribution in [0.25, 0.3) is 0 Å². The molecule has 0 bridgehead atoms. The molecule has 0 aromatic heterocycles. The van der Waals surface area contributed by atoms with Crippen molar-refractivity contribution in [2.24, 2.45) is 0 Å². The first-order valence-corrected chi connectivity index (χ1v) is 14.5. The molecule has 1 fully saturated rings. The lowest BCUT2D eigenvalue weighted by atomic mass is 9.79. The van der Waals surface area contributed by atoms with Crippen molar-refractivity contribution in [3.05, 3.63) is 35.4 Å². The Morgan fingerprint density at radius 2 is 1.67 bits per heavy atom. The van der Waals surface area contributed by atoms with Gasteiger partial charge in [0.1, 0.15) is 5.60 Å². The van der Waals surface area contributed by atoms with Crippen LogP contribution in [0, 0.1) is 0 Å². The number of hydrogen-bond acceptors (Lipinski definition) is 3. The van der Waals surface area contributed by atoms with Gasteiger partial charge in [-0.25, -0.2) is 4.79 Å². The summed E-state index contributed by atoms with van der Waals surface area (Å²) < 4.78 is 52.2. The zero-order chi connectivity index (χ0) is 25.4. The van der Waals surface area contributed by atoms with Crippen LogP contribution in [-0.4, -0.2) is 44.1 Å². The molecule has 8 heteroatoms. The third kappa shape index (κ3) is 7.22. The largest absolute Gasteiger partial charge is 0.444 e. The monoisotopic (exact) mass is 487 g/mol. The number of amides is 1. The van der Waals surface area contributed by atoms with Crippen LogP contribution in [0.3, 0.4) is 0 Å². The van der Waals surface area contributed by atoms with Crippen LogP contribution in [0.2, 0.25) is 18.1 Å². The molecule has 1 aromatic carbocycles. The molecule has 1 aliphatic rings. The summed E-state index contributed by atoms with van der Waals surface area (Å²) in [6.07, 6.45) is -3.11. The van der Waals surface area contributed by atoms with Gasteiger partial charge in [-0.05, 0) is 75.7 Å². The van der Waals surface area contributed by atoms with E-state index < -0.39 is 31.8 Å². The second kappa shape index (κ2) is 9.60. The highest BCUT2D eigenvalue weighted by molar-refractivity contribution is 6.74. The van der Waals surface area contributed by atoms with E-state index in [9.17, 15) is 18.0 Å². The third-order valence-corrected chi connectivity index (χ3v) is 11.4. The molecule has 33 heavy (non-hydrogen) atoms. The van der Waals surface area contributed by atoms with Crippen molar-refractivity contribution in [3.8, 4) is 0 Å². The minimum Gasteiger partial charge on any atom is -0.444 e. The minimum atomic E-state index is -4.38. The molecule has 0 radical (unpaired) electrons. The van der Waals surface area contributed by atoms with E-state index in [-0.39, 0.29) is 23.1 Å². The Bertz CT molecular complexity index is 827. The molecule has 1 aromatic rings. The Morgan fingerprint density at radius 3 is 2.18 bits per heavy atom. The van der Waals surface area contributed by atoms with Crippen molar-refractivity contribution in [3.63, 3.8) is 0 Å². The fourth-order valence-electron chi connectivity index (χ4n) is 3.96. The van der Waals surface area contributed by atoms with E-state index in [4.69, 9.17) is 9.16 Å². The average molecular weight is 488 g/mol. The maximum Gasteiger partial charge on any atom is 0.416 e. The third-order valence-electron chi connectivity index (χ3n) is 6.87. The maximum absolute atomic E-state index is 13.3. The van der Waals surface area contributed by atoms with Crippen molar-refractivity contribution >= 4 is 14.4 Å². The van der Waals surface area contributed by atoms with E-state index in [1.165, 1.54) is 12.1 Å². The van der Waals surface area contributed by atoms with Crippen LogP contribution >= 0.6 is 0 Å². The average Bonchev–Trinajstić information content (AvgIpc) is 2.64. The summed E-state index contributed by atoms with van der Waals surface area (Å²) >= 11 is 0. The molecular weight excluding hydrogens is 447 g/mol. The van der Waals surface area contributed by atoms with Gasteiger partial charge >= 0.3 is 12.3 Å². The molecular formula is C25H40F3NO3Si. The normalized spacial score (nSPS) is 22.7. The highest BCUT2D eigenvalue weighted by Gasteiger charge is 2.45. The first-order valence-electron chi connectivity index (χ1n) is 11.6. The maximum atomic E-state index is 13.3. The van der Waals surface area contributed by atoms with Crippen LogP contribution in [0.5, 0.6) is 0 Å². The van der Waals surface area contributed by atoms with E-state index in [2.05, 4.69) is 33.9 Å². The molecule has 1 saturated carbocycles. The van der Waals surface area contributed by atoms with Gasteiger partial charge in [-0.2, -0.15) is 13.2 Å². The number of carbonyl (C=O) groups is 1.